The zero-order chi connectivity index (χ0) is 10.6. The van der Waals surface area contributed by atoms with E-state index in [4.69, 9.17) is 10.5 Å². The highest BCUT2D eigenvalue weighted by Gasteiger charge is 2.10. The van der Waals surface area contributed by atoms with Crippen molar-refractivity contribution in [3.8, 4) is 0 Å². The minimum absolute atomic E-state index is 0.103. The Hall–Kier alpha value is -1.58. The Balaban J connectivity index is 2.80. The van der Waals surface area contributed by atoms with Crippen LogP contribution < -0.4 is 5.73 Å². The Bertz CT molecular complexity index is 339. The Labute approximate surface area is 81.7 Å². The average molecular weight is 197 g/mol. The molecule has 2 N–H and O–H groups in total. The van der Waals surface area contributed by atoms with Gasteiger partial charge in [-0.2, -0.15) is 0 Å². The third-order valence-electron chi connectivity index (χ3n) is 1.67. The van der Waals surface area contributed by atoms with Gasteiger partial charge < -0.3 is 10.5 Å². The van der Waals surface area contributed by atoms with Crippen molar-refractivity contribution in [1.82, 2.24) is 0 Å². The lowest BCUT2D eigenvalue weighted by Gasteiger charge is -2.05. The number of esters is 1. The second-order valence-electron chi connectivity index (χ2n) is 2.87. The molecule has 0 radical (unpaired) electrons. The van der Waals surface area contributed by atoms with Gasteiger partial charge in [0.2, 0.25) is 0 Å². The van der Waals surface area contributed by atoms with Crippen LogP contribution in [-0.2, 0) is 4.74 Å². The van der Waals surface area contributed by atoms with Crippen LogP contribution in [0.3, 0.4) is 0 Å². The summed E-state index contributed by atoms with van der Waals surface area (Å²) in [5.41, 5.74) is 5.76. The van der Waals surface area contributed by atoms with Crippen molar-refractivity contribution >= 4 is 11.7 Å². The van der Waals surface area contributed by atoms with Gasteiger partial charge in [-0.3, -0.25) is 0 Å². The molecule has 3 nitrogen and oxygen atoms in total. The minimum Gasteiger partial charge on any atom is -0.462 e. The SMILES string of the molecule is CCCOC(=O)c1ccc(F)cc1N. The molecular formula is C10H12FNO2. The van der Waals surface area contributed by atoms with Crippen LogP contribution in [0.4, 0.5) is 10.1 Å². The molecule has 0 fully saturated rings. The average Bonchev–Trinajstić information content (AvgIpc) is 2.14. The highest BCUT2D eigenvalue weighted by molar-refractivity contribution is 5.94. The maximum Gasteiger partial charge on any atom is 0.340 e. The van der Waals surface area contributed by atoms with E-state index in [-0.39, 0.29) is 11.3 Å². The molecule has 4 heteroatoms. The van der Waals surface area contributed by atoms with Crippen molar-refractivity contribution in [3.05, 3.63) is 29.6 Å². The number of halogens is 1. The predicted octanol–water partition coefficient (Wildman–Crippen LogP) is 1.97. The first kappa shape index (κ1) is 10.5. The fraction of sp³-hybridized carbons (Fsp3) is 0.300. The van der Waals surface area contributed by atoms with Crippen molar-refractivity contribution in [2.45, 2.75) is 13.3 Å². The normalized spacial score (nSPS) is 9.86. The smallest absolute Gasteiger partial charge is 0.340 e. The molecule has 14 heavy (non-hydrogen) atoms. The minimum atomic E-state index is -0.510. The van der Waals surface area contributed by atoms with Gasteiger partial charge in [0.1, 0.15) is 5.82 Å². The van der Waals surface area contributed by atoms with E-state index >= 15 is 0 Å². The molecule has 0 unspecified atom stereocenters. The van der Waals surface area contributed by atoms with Gasteiger partial charge in [0.05, 0.1) is 12.2 Å². The second-order valence-corrected chi connectivity index (χ2v) is 2.87. The highest BCUT2D eigenvalue weighted by Crippen LogP contribution is 2.14. The van der Waals surface area contributed by atoms with E-state index in [2.05, 4.69) is 0 Å². The van der Waals surface area contributed by atoms with Crippen LogP contribution in [0.5, 0.6) is 0 Å². The number of rotatable bonds is 3. The Morgan fingerprint density at radius 1 is 1.57 bits per heavy atom. The van der Waals surface area contributed by atoms with Gasteiger partial charge in [0.15, 0.2) is 0 Å². The zero-order valence-corrected chi connectivity index (χ0v) is 7.92. The Morgan fingerprint density at radius 2 is 2.29 bits per heavy atom. The van der Waals surface area contributed by atoms with Crippen LogP contribution in [0.15, 0.2) is 18.2 Å². The molecule has 76 valence electrons. The summed E-state index contributed by atoms with van der Waals surface area (Å²) in [6.07, 6.45) is 0.743. The maximum absolute atomic E-state index is 12.6. The molecule has 0 aliphatic rings. The molecule has 0 aromatic heterocycles. The molecule has 0 amide bonds. The molecule has 0 bridgehead atoms. The van der Waals surface area contributed by atoms with Crippen LogP contribution in [0.2, 0.25) is 0 Å². The van der Waals surface area contributed by atoms with Gasteiger partial charge in [-0.1, -0.05) is 6.92 Å². The number of ether oxygens (including phenoxy) is 1. The number of carbonyl (C=O) groups is 1. The molecule has 1 rings (SSSR count). The quantitative estimate of drug-likeness (QED) is 0.595. The molecule has 0 aliphatic carbocycles. The lowest BCUT2D eigenvalue weighted by atomic mass is 10.2. The number of nitrogens with two attached hydrogens (primary N) is 1. The van der Waals surface area contributed by atoms with Crippen LogP contribution >= 0.6 is 0 Å². The second kappa shape index (κ2) is 4.60. The monoisotopic (exact) mass is 197 g/mol. The molecule has 1 aromatic rings. The number of hydrogen-bond donors (Lipinski definition) is 1. The summed E-state index contributed by atoms with van der Waals surface area (Å²) in [5.74, 6) is -0.973. The fourth-order valence-electron chi connectivity index (χ4n) is 0.992. The fourth-order valence-corrected chi connectivity index (χ4v) is 0.992. The summed E-state index contributed by atoms with van der Waals surface area (Å²) < 4.78 is 17.5. The number of anilines is 1. The molecule has 0 aliphatic heterocycles. The summed E-state index contributed by atoms with van der Waals surface area (Å²) in [7, 11) is 0. The molecule has 0 saturated heterocycles. The lowest BCUT2D eigenvalue weighted by molar-refractivity contribution is 0.0506. The van der Waals surface area contributed by atoms with Crippen molar-refractivity contribution in [3.63, 3.8) is 0 Å². The number of hydrogen-bond acceptors (Lipinski definition) is 3. The van der Waals surface area contributed by atoms with Gasteiger partial charge in [0.25, 0.3) is 0 Å². The van der Waals surface area contributed by atoms with Crippen molar-refractivity contribution in [1.29, 1.82) is 0 Å². The molecule has 1 aromatic carbocycles. The van der Waals surface area contributed by atoms with E-state index in [1.165, 1.54) is 12.1 Å². The summed E-state index contributed by atoms with van der Waals surface area (Å²) in [6, 6.07) is 3.60. The number of carbonyl (C=O) groups excluding carboxylic acids is 1. The highest BCUT2D eigenvalue weighted by atomic mass is 19.1. The topological polar surface area (TPSA) is 52.3 Å². The molecular weight excluding hydrogens is 185 g/mol. The summed E-state index contributed by atoms with van der Waals surface area (Å²) in [5, 5.41) is 0. The zero-order valence-electron chi connectivity index (χ0n) is 7.92. The van der Waals surface area contributed by atoms with Crippen LogP contribution in [-0.4, -0.2) is 12.6 Å². The van der Waals surface area contributed by atoms with Gasteiger partial charge in [-0.15, -0.1) is 0 Å². The third kappa shape index (κ3) is 2.45. The first-order chi connectivity index (χ1) is 6.65. The Morgan fingerprint density at radius 3 is 2.86 bits per heavy atom. The number of nitrogen functional groups attached to an aromatic ring is 1. The lowest BCUT2D eigenvalue weighted by Crippen LogP contribution is -2.08. The van der Waals surface area contributed by atoms with Gasteiger partial charge in [-0.25, -0.2) is 9.18 Å². The van der Waals surface area contributed by atoms with Crippen molar-refractivity contribution in [2.75, 3.05) is 12.3 Å². The van der Waals surface area contributed by atoms with E-state index < -0.39 is 11.8 Å². The van der Waals surface area contributed by atoms with Crippen LogP contribution in [0.25, 0.3) is 0 Å². The van der Waals surface area contributed by atoms with Crippen LogP contribution in [0.1, 0.15) is 23.7 Å². The van der Waals surface area contributed by atoms with Gasteiger partial charge >= 0.3 is 5.97 Å². The molecule has 0 saturated carbocycles. The Kier molecular flexibility index (Phi) is 3.45. The summed E-state index contributed by atoms with van der Waals surface area (Å²) in [4.78, 5) is 11.3. The maximum atomic E-state index is 12.6. The summed E-state index contributed by atoms with van der Waals surface area (Å²) in [6.45, 7) is 2.23. The van der Waals surface area contributed by atoms with E-state index in [9.17, 15) is 9.18 Å². The van der Waals surface area contributed by atoms with Gasteiger partial charge in [-0.05, 0) is 24.6 Å². The van der Waals surface area contributed by atoms with Crippen molar-refractivity contribution < 1.29 is 13.9 Å². The first-order valence-electron chi connectivity index (χ1n) is 4.37. The van der Waals surface area contributed by atoms with Gasteiger partial charge in [0, 0.05) is 5.69 Å². The predicted molar refractivity (Wildman–Crippen MR) is 51.4 cm³/mol. The number of benzene rings is 1. The molecule has 0 atom stereocenters. The third-order valence-corrected chi connectivity index (χ3v) is 1.67. The van der Waals surface area contributed by atoms with E-state index in [0.717, 1.165) is 12.5 Å². The van der Waals surface area contributed by atoms with Crippen molar-refractivity contribution in [2.24, 2.45) is 0 Å². The summed E-state index contributed by atoms with van der Waals surface area (Å²) >= 11 is 0. The van der Waals surface area contributed by atoms with E-state index in [1.54, 1.807) is 0 Å². The largest absolute Gasteiger partial charge is 0.462 e. The van der Waals surface area contributed by atoms with E-state index in [0.29, 0.717) is 6.61 Å². The van der Waals surface area contributed by atoms with Crippen LogP contribution in [0, 0.1) is 5.82 Å². The molecule has 0 heterocycles. The standard InChI is InChI=1S/C10H12FNO2/c1-2-5-14-10(13)8-4-3-7(11)6-9(8)12/h3-4,6H,2,5,12H2,1H3. The van der Waals surface area contributed by atoms with E-state index in [1.807, 2.05) is 6.92 Å². The molecule has 0 spiro atoms. The first-order valence-corrected chi connectivity index (χ1v) is 4.37.